The Labute approximate surface area is 211 Å². The van der Waals surface area contributed by atoms with E-state index in [9.17, 15) is 9.59 Å². The molecule has 4 rings (SSSR count). The van der Waals surface area contributed by atoms with Gasteiger partial charge in [-0.05, 0) is 69.5 Å². The third-order valence-electron chi connectivity index (χ3n) is 6.22. The van der Waals surface area contributed by atoms with Crippen LogP contribution in [0.1, 0.15) is 62.2 Å². The quantitative estimate of drug-likeness (QED) is 0.492. The maximum Gasteiger partial charge on any atom is 0.407 e. The smallest absolute Gasteiger partial charge is 0.407 e. The number of carbonyl (C=O) groups is 2. The van der Waals surface area contributed by atoms with Crippen molar-refractivity contribution in [1.82, 2.24) is 24.9 Å². The Morgan fingerprint density at radius 3 is 2.61 bits per heavy atom. The minimum absolute atomic E-state index is 0.0455. The van der Waals surface area contributed by atoms with E-state index in [1.165, 1.54) is 0 Å². The number of hydrogen-bond acceptors (Lipinski definition) is 7. The van der Waals surface area contributed by atoms with Gasteiger partial charge in [-0.15, -0.1) is 0 Å². The van der Waals surface area contributed by atoms with Crippen LogP contribution in [0.5, 0.6) is 0 Å². The van der Waals surface area contributed by atoms with E-state index in [0.29, 0.717) is 37.0 Å². The lowest BCUT2D eigenvalue weighted by Crippen LogP contribution is -2.38. The zero-order chi connectivity index (χ0) is 25.9. The zero-order valence-electron chi connectivity index (χ0n) is 21.8. The highest BCUT2D eigenvalue weighted by atomic mass is 16.6. The fourth-order valence-electron chi connectivity index (χ4n) is 4.37. The van der Waals surface area contributed by atoms with E-state index in [2.05, 4.69) is 20.0 Å². The number of benzene rings is 1. The fraction of sp³-hybridized carbons (Fsp3) is 0.538. The number of anilines is 1. The van der Waals surface area contributed by atoms with Gasteiger partial charge in [0.1, 0.15) is 5.60 Å². The van der Waals surface area contributed by atoms with Crippen LogP contribution in [0, 0.1) is 0 Å². The number of aryl methyl sites for hydroxylation is 1. The minimum atomic E-state index is -0.504. The molecular weight excluding hydrogens is 460 g/mol. The molecule has 1 aliphatic heterocycles. The molecule has 1 aromatic carbocycles. The molecule has 0 radical (unpaired) electrons. The van der Waals surface area contributed by atoms with Crippen molar-refractivity contribution in [1.29, 1.82) is 0 Å². The Balaban J connectivity index is 1.30. The van der Waals surface area contributed by atoms with Crippen molar-refractivity contribution in [2.24, 2.45) is 0 Å². The standard InChI is InChI=1S/C26H36N6O4/c1-26(2,3)35-25(34)27-12-6-13-31-14-11-19-17-20(7-8-21(19)31)23(33)32-15-9-18(10-16-32)22-28-24(29-36-22)30(4)5/h7-8,11,14,17-18H,6,9-10,12-13,15-16H2,1-5H3,(H,27,34). The predicted molar refractivity (Wildman–Crippen MR) is 137 cm³/mol. The molecule has 2 aromatic heterocycles. The molecule has 1 N–H and O–H groups in total. The largest absolute Gasteiger partial charge is 0.444 e. The van der Waals surface area contributed by atoms with Gasteiger partial charge in [-0.3, -0.25) is 4.79 Å². The lowest BCUT2D eigenvalue weighted by atomic mass is 9.96. The van der Waals surface area contributed by atoms with Crippen LogP contribution in [0.3, 0.4) is 0 Å². The number of nitrogens with one attached hydrogen (secondary N) is 1. The van der Waals surface area contributed by atoms with Crippen LogP contribution in [0.15, 0.2) is 35.0 Å². The first-order chi connectivity index (χ1) is 17.1. The Hall–Kier alpha value is -3.56. The van der Waals surface area contributed by atoms with Gasteiger partial charge in [-0.25, -0.2) is 4.79 Å². The van der Waals surface area contributed by atoms with Crippen LogP contribution >= 0.6 is 0 Å². The van der Waals surface area contributed by atoms with Crippen molar-refractivity contribution in [3.63, 3.8) is 0 Å². The maximum atomic E-state index is 13.2. The highest BCUT2D eigenvalue weighted by Crippen LogP contribution is 2.29. The van der Waals surface area contributed by atoms with Gasteiger partial charge < -0.3 is 28.9 Å². The minimum Gasteiger partial charge on any atom is -0.444 e. The van der Waals surface area contributed by atoms with Crippen LogP contribution in [0.25, 0.3) is 10.9 Å². The molecule has 10 heteroatoms. The summed E-state index contributed by atoms with van der Waals surface area (Å²) < 4.78 is 12.8. The number of likely N-dealkylation sites (tertiary alicyclic amines) is 1. The van der Waals surface area contributed by atoms with Crippen molar-refractivity contribution in [3.05, 3.63) is 41.9 Å². The van der Waals surface area contributed by atoms with Gasteiger partial charge >= 0.3 is 6.09 Å². The number of amides is 2. The number of rotatable bonds is 7. The van der Waals surface area contributed by atoms with Gasteiger partial charge in [0.25, 0.3) is 11.9 Å². The van der Waals surface area contributed by atoms with Crippen LogP contribution in [0.2, 0.25) is 0 Å². The average Bonchev–Trinajstić information content (AvgIpc) is 3.48. The van der Waals surface area contributed by atoms with Gasteiger partial charge in [-0.2, -0.15) is 4.98 Å². The maximum absolute atomic E-state index is 13.2. The summed E-state index contributed by atoms with van der Waals surface area (Å²) in [5.41, 5.74) is 1.25. The van der Waals surface area contributed by atoms with E-state index in [4.69, 9.17) is 9.26 Å². The molecule has 2 amide bonds. The number of aromatic nitrogens is 3. The molecule has 0 spiro atoms. The molecular formula is C26H36N6O4. The van der Waals surface area contributed by atoms with Gasteiger partial charge in [0, 0.05) is 68.9 Å². The third-order valence-corrected chi connectivity index (χ3v) is 6.22. The second kappa shape index (κ2) is 10.6. The highest BCUT2D eigenvalue weighted by Gasteiger charge is 2.28. The van der Waals surface area contributed by atoms with E-state index in [0.717, 1.165) is 36.7 Å². The third kappa shape index (κ3) is 6.16. The first-order valence-corrected chi connectivity index (χ1v) is 12.5. The average molecular weight is 497 g/mol. The topological polar surface area (TPSA) is 106 Å². The van der Waals surface area contributed by atoms with Gasteiger partial charge in [0.2, 0.25) is 5.89 Å². The van der Waals surface area contributed by atoms with E-state index >= 15 is 0 Å². The Morgan fingerprint density at radius 1 is 1.19 bits per heavy atom. The number of piperidine rings is 1. The second-order valence-electron chi connectivity index (χ2n) is 10.5. The van der Waals surface area contributed by atoms with Gasteiger partial charge in [-0.1, -0.05) is 0 Å². The van der Waals surface area contributed by atoms with Gasteiger partial charge in [0.15, 0.2) is 0 Å². The molecule has 1 aliphatic rings. The van der Waals surface area contributed by atoms with Crippen LogP contribution in [-0.2, 0) is 11.3 Å². The molecule has 1 fully saturated rings. The number of ether oxygens (including phenoxy) is 1. The number of hydrogen-bond donors (Lipinski definition) is 1. The van der Waals surface area contributed by atoms with Crippen LogP contribution in [0.4, 0.5) is 10.7 Å². The van der Waals surface area contributed by atoms with E-state index < -0.39 is 11.7 Å². The molecule has 36 heavy (non-hydrogen) atoms. The summed E-state index contributed by atoms with van der Waals surface area (Å²) in [4.78, 5) is 33.1. The van der Waals surface area contributed by atoms with Crippen molar-refractivity contribution in [2.75, 3.05) is 38.6 Å². The first-order valence-electron chi connectivity index (χ1n) is 12.5. The van der Waals surface area contributed by atoms with Crippen molar-refractivity contribution < 1.29 is 18.8 Å². The normalized spacial score (nSPS) is 14.8. The summed E-state index contributed by atoms with van der Waals surface area (Å²) in [6.07, 6.45) is 3.99. The molecule has 1 saturated heterocycles. The molecule has 0 bridgehead atoms. The van der Waals surface area contributed by atoms with Crippen molar-refractivity contribution in [2.45, 2.75) is 58.1 Å². The van der Waals surface area contributed by atoms with Crippen LogP contribution in [-0.4, -0.2) is 70.9 Å². The van der Waals surface area contributed by atoms with Crippen LogP contribution < -0.4 is 10.2 Å². The summed E-state index contributed by atoms with van der Waals surface area (Å²) in [5.74, 6) is 1.44. The predicted octanol–water partition coefficient (Wildman–Crippen LogP) is 4.02. The number of carbonyl (C=O) groups excluding carboxylic acids is 2. The lowest BCUT2D eigenvalue weighted by Gasteiger charge is -2.30. The fourth-order valence-corrected chi connectivity index (χ4v) is 4.37. The Kier molecular flexibility index (Phi) is 7.51. The summed E-state index contributed by atoms with van der Waals surface area (Å²) in [6.45, 7) is 8.13. The SMILES string of the molecule is CN(C)c1noc(C2CCN(C(=O)c3ccc4c(ccn4CCCNC(=O)OC(C)(C)C)c3)CC2)n1. The first kappa shape index (κ1) is 25.5. The Morgan fingerprint density at radius 2 is 1.94 bits per heavy atom. The monoisotopic (exact) mass is 496 g/mol. The van der Waals surface area contributed by atoms with E-state index in [-0.39, 0.29) is 11.8 Å². The van der Waals surface area contributed by atoms with Crippen molar-refractivity contribution >= 4 is 28.9 Å². The van der Waals surface area contributed by atoms with E-state index in [1.807, 2.05) is 75.1 Å². The Bertz CT molecular complexity index is 1200. The number of fused-ring (bicyclic) bond motifs is 1. The summed E-state index contributed by atoms with van der Waals surface area (Å²) in [5, 5.41) is 7.82. The second-order valence-corrected chi connectivity index (χ2v) is 10.5. The molecule has 3 heterocycles. The summed E-state index contributed by atoms with van der Waals surface area (Å²) in [6, 6.07) is 7.88. The zero-order valence-corrected chi connectivity index (χ0v) is 21.8. The molecule has 10 nitrogen and oxygen atoms in total. The molecule has 194 valence electrons. The molecule has 3 aromatic rings. The molecule has 0 atom stereocenters. The molecule has 0 aliphatic carbocycles. The summed E-state index contributed by atoms with van der Waals surface area (Å²) in [7, 11) is 3.76. The molecule has 0 unspecified atom stereocenters. The number of nitrogens with zero attached hydrogens (tertiary/aromatic N) is 5. The molecule has 0 saturated carbocycles. The lowest BCUT2D eigenvalue weighted by molar-refractivity contribution is 0.0526. The van der Waals surface area contributed by atoms with Gasteiger partial charge in [0.05, 0.1) is 0 Å². The van der Waals surface area contributed by atoms with E-state index in [1.54, 1.807) is 0 Å². The van der Waals surface area contributed by atoms with Crippen molar-refractivity contribution in [3.8, 4) is 0 Å². The highest BCUT2D eigenvalue weighted by molar-refractivity contribution is 5.98. The number of alkyl carbamates (subject to hydrolysis) is 1. The summed E-state index contributed by atoms with van der Waals surface area (Å²) >= 11 is 0.